The van der Waals surface area contributed by atoms with Crippen LogP contribution in [0, 0.1) is 0 Å². The zero-order chi connectivity index (χ0) is 24.1. The second-order valence-corrected chi connectivity index (χ2v) is 9.72. The van der Waals surface area contributed by atoms with E-state index < -0.39 is 10.0 Å². The van der Waals surface area contributed by atoms with Crippen molar-refractivity contribution in [1.29, 1.82) is 0 Å². The molecule has 0 radical (unpaired) electrons. The molecule has 6 nitrogen and oxygen atoms in total. The van der Waals surface area contributed by atoms with Crippen molar-refractivity contribution in [2.45, 2.75) is 11.4 Å². The van der Waals surface area contributed by atoms with Crippen molar-refractivity contribution in [3.63, 3.8) is 0 Å². The summed E-state index contributed by atoms with van der Waals surface area (Å²) in [4.78, 5) is 0.131. The Morgan fingerprint density at radius 1 is 0.657 bits per heavy atom. The molecular weight excluding hydrogens is 456 g/mol. The third-order valence-corrected chi connectivity index (χ3v) is 6.83. The van der Waals surface area contributed by atoms with E-state index in [9.17, 15) is 8.42 Å². The van der Waals surface area contributed by atoms with Gasteiger partial charge in [-0.05, 0) is 42.0 Å². The van der Waals surface area contributed by atoms with Gasteiger partial charge >= 0.3 is 0 Å². The van der Waals surface area contributed by atoms with E-state index in [1.54, 1.807) is 23.0 Å². The van der Waals surface area contributed by atoms with E-state index in [0.29, 0.717) is 17.9 Å². The van der Waals surface area contributed by atoms with Crippen molar-refractivity contribution in [3.05, 3.63) is 127 Å². The van der Waals surface area contributed by atoms with Crippen molar-refractivity contribution in [2.75, 3.05) is 10.0 Å². The molecular formula is C28H24N4O2S. The van der Waals surface area contributed by atoms with Crippen LogP contribution < -0.4 is 10.0 Å². The minimum Gasteiger partial charge on any atom is -0.356 e. The molecule has 1 aromatic heterocycles. The smallest absolute Gasteiger partial charge is 0.265 e. The number of benzene rings is 4. The van der Waals surface area contributed by atoms with Gasteiger partial charge in [-0.25, -0.2) is 8.42 Å². The average molecular weight is 481 g/mol. The first-order chi connectivity index (χ1) is 17.1. The van der Waals surface area contributed by atoms with Gasteiger partial charge in [0.25, 0.3) is 10.0 Å². The van der Waals surface area contributed by atoms with Crippen LogP contribution in [0.1, 0.15) is 5.56 Å². The molecule has 0 bridgehead atoms. The number of anilines is 3. The predicted molar refractivity (Wildman–Crippen MR) is 140 cm³/mol. The van der Waals surface area contributed by atoms with Crippen LogP contribution in [0.25, 0.3) is 11.3 Å². The van der Waals surface area contributed by atoms with Crippen molar-refractivity contribution >= 4 is 27.1 Å². The lowest BCUT2D eigenvalue weighted by Gasteiger charge is -2.10. The van der Waals surface area contributed by atoms with Gasteiger partial charge in [-0.3, -0.25) is 9.40 Å². The third kappa shape index (κ3) is 5.42. The van der Waals surface area contributed by atoms with Crippen LogP contribution in [0.4, 0.5) is 17.1 Å². The molecule has 4 aromatic carbocycles. The van der Waals surface area contributed by atoms with Gasteiger partial charge in [-0.15, -0.1) is 0 Å². The summed E-state index contributed by atoms with van der Waals surface area (Å²) >= 11 is 0. The number of rotatable bonds is 8. The molecule has 0 saturated carbocycles. The Labute approximate surface area is 204 Å². The fourth-order valence-corrected chi connectivity index (χ4v) is 5.00. The fourth-order valence-electron chi connectivity index (χ4n) is 3.77. The number of aromatic nitrogens is 2. The zero-order valence-electron chi connectivity index (χ0n) is 18.9. The maximum absolute atomic E-state index is 13.5. The van der Waals surface area contributed by atoms with E-state index in [1.807, 2.05) is 103 Å². The molecule has 7 heteroatoms. The molecule has 5 rings (SSSR count). The van der Waals surface area contributed by atoms with Gasteiger partial charge in [0.2, 0.25) is 0 Å². The fraction of sp³-hybridized carbons (Fsp3) is 0.0357. The summed E-state index contributed by atoms with van der Waals surface area (Å²) in [5, 5.41) is 7.92. The van der Waals surface area contributed by atoms with Crippen LogP contribution in [0.3, 0.4) is 0 Å². The molecule has 0 unspecified atom stereocenters. The molecule has 0 aliphatic heterocycles. The quantitative estimate of drug-likeness (QED) is 0.280. The Morgan fingerprint density at radius 3 is 1.86 bits per heavy atom. The molecule has 0 spiro atoms. The van der Waals surface area contributed by atoms with E-state index in [-0.39, 0.29) is 4.90 Å². The highest BCUT2D eigenvalue weighted by atomic mass is 32.2. The van der Waals surface area contributed by atoms with Crippen molar-refractivity contribution in [1.82, 2.24) is 9.78 Å². The number of hydrogen-bond acceptors (Lipinski definition) is 4. The van der Waals surface area contributed by atoms with Crippen molar-refractivity contribution < 1.29 is 8.42 Å². The number of hydrogen-bond donors (Lipinski definition) is 2. The molecule has 0 saturated heterocycles. The maximum atomic E-state index is 13.5. The Bertz CT molecular complexity index is 1500. The van der Waals surface area contributed by atoms with E-state index in [4.69, 9.17) is 0 Å². The highest BCUT2D eigenvalue weighted by molar-refractivity contribution is 7.92. The van der Waals surface area contributed by atoms with E-state index in [2.05, 4.69) is 15.1 Å². The predicted octanol–water partition coefficient (Wildman–Crippen LogP) is 6.14. The van der Waals surface area contributed by atoms with Crippen LogP contribution >= 0.6 is 0 Å². The second-order valence-electron chi connectivity index (χ2n) is 8.07. The second kappa shape index (κ2) is 9.87. The summed E-state index contributed by atoms with van der Waals surface area (Å²) < 4.78 is 31.3. The average Bonchev–Trinajstić information content (AvgIpc) is 3.32. The van der Waals surface area contributed by atoms with Crippen molar-refractivity contribution in [3.8, 4) is 11.3 Å². The number of para-hydroxylation sites is 1. The topological polar surface area (TPSA) is 76.0 Å². The Morgan fingerprint density at radius 2 is 1.20 bits per heavy atom. The summed E-state index contributed by atoms with van der Waals surface area (Å²) in [5.74, 6) is 0. The summed E-state index contributed by atoms with van der Waals surface area (Å²) in [6.45, 7) is 0.468. The molecule has 174 valence electrons. The summed E-state index contributed by atoms with van der Waals surface area (Å²) in [6, 6.07) is 36.1. The van der Waals surface area contributed by atoms with Crippen LogP contribution in [-0.4, -0.2) is 18.2 Å². The van der Waals surface area contributed by atoms with Crippen LogP contribution in [-0.2, 0) is 16.6 Å². The summed E-state index contributed by atoms with van der Waals surface area (Å²) in [5.41, 5.74) is 4.48. The Kier molecular flexibility index (Phi) is 6.32. The molecule has 0 fully saturated rings. The first kappa shape index (κ1) is 22.4. The SMILES string of the molecule is O=S(=O)(Nc1ccc(Nc2ccccc2)cc1)c1cn(Cc2ccccc2)nc1-c1ccccc1. The molecule has 35 heavy (non-hydrogen) atoms. The van der Waals surface area contributed by atoms with Gasteiger partial charge < -0.3 is 5.32 Å². The van der Waals surface area contributed by atoms with E-state index in [1.165, 1.54) is 0 Å². The maximum Gasteiger partial charge on any atom is 0.265 e. The summed E-state index contributed by atoms with van der Waals surface area (Å²) in [6.07, 6.45) is 1.59. The van der Waals surface area contributed by atoms with Gasteiger partial charge in [0.1, 0.15) is 10.6 Å². The van der Waals surface area contributed by atoms with Gasteiger partial charge in [0, 0.05) is 28.8 Å². The monoisotopic (exact) mass is 480 g/mol. The lowest BCUT2D eigenvalue weighted by molar-refractivity contribution is 0.601. The molecule has 0 aliphatic carbocycles. The minimum atomic E-state index is -3.89. The van der Waals surface area contributed by atoms with Gasteiger partial charge in [0.05, 0.1) is 6.54 Å². The van der Waals surface area contributed by atoms with Gasteiger partial charge in [-0.2, -0.15) is 5.10 Å². The third-order valence-electron chi connectivity index (χ3n) is 5.45. The van der Waals surface area contributed by atoms with Gasteiger partial charge in [0.15, 0.2) is 0 Å². The minimum absolute atomic E-state index is 0.131. The number of sulfonamides is 1. The lowest BCUT2D eigenvalue weighted by atomic mass is 10.2. The molecule has 0 amide bonds. The van der Waals surface area contributed by atoms with Crippen LogP contribution in [0.5, 0.6) is 0 Å². The molecule has 5 aromatic rings. The standard InChI is InChI=1S/C28H24N4O2S/c33-35(34,31-26-18-16-25(17-19-26)29-24-14-8-3-9-15-24)27-21-32(20-22-10-4-1-5-11-22)30-28(27)23-12-6-2-7-13-23/h1-19,21,29,31H,20H2. The highest BCUT2D eigenvalue weighted by Crippen LogP contribution is 2.28. The Balaban J connectivity index is 1.42. The van der Waals surface area contributed by atoms with Crippen LogP contribution in [0.2, 0.25) is 0 Å². The molecule has 0 aliphatic rings. The van der Waals surface area contributed by atoms with Crippen molar-refractivity contribution in [2.24, 2.45) is 0 Å². The van der Waals surface area contributed by atoms with Gasteiger partial charge in [-0.1, -0.05) is 78.9 Å². The normalized spacial score (nSPS) is 11.2. The van der Waals surface area contributed by atoms with E-state index >= 15 is 0 Å². The lowest BCUT2D eigenvalue weighted by Crippen LogP contribution is -2.13. The molecule has 1 heterocycles. The first-order valence-corrected chi connectivity index (χ1v) is 12.7. The zero-order valence-corrected chi connectivity index (χ0v) is 19.7. The first-order valence-electron chi connectivity index (χ1n) is 11.2. The largest absolute Gasteiger partial charge is 0.356 e. The Hall–Kier alpha value is -4.36. The molecule has 0 atom stereocenters. The number of nitrogens with one attached hydrogen (secondary N) is 2. The van der Waals surface area contributed by atoms with E-state index in [0.717, 1.165) is 22.5 Å². The van der Waals surface area contributed by atoms with Crippen LogP contribution in [0.15, 0.2) is 126 Å². The number of nitrogens with zero attached hydrogens (tertiary/aromatic N) is 2. The summed E-state index contributed by atoms with van der Waals surface area (Å²) in [7, 11) is -3.89. The highest BCUT2D eigenvalue weighted by Gasteiger charge is 2.24. The molecule has 2 N–H and O–H groups in total.